The highest BCUT2D eigenvalue weighted by atomic mass is 127. The van der Waals surface area contributed by atoms with Gasteiger partial charge in [-0.2, -0.15) is 0 Å². The third-order valence-electron chi connectivity index (χ3n) is 10.8. The van der Waals surface area contributed by atoms with Crippen molar-refractivity contribution in [3.63, 3.8) is 0 Å². The van der Waals surface area contributed by atoms with Gasteiger partial charge in [0.25, 0.3) is 0 Å². The summed E-state index contributed by atoms with van der Waals surface area (Å²) in [5, 5.41) is 0. The minimum atomic E-state index is -1.17. The molecule has 2 saturated heterocycles. The molecule has 0 N–H and O–H groups in total. The molecular formula is C44H87IO8Si3. The van der Waals surface area contributed by atoms with E-state index < -0.39 is 24.2 Å². The van der Waals surface area contributed by atoms with E-state index in [-0.39, 0.29) is 49.5 Å². The van der Waals surface area contributed by atoms with Gasteiger partial charge in [-0.1, -0.05) is 132 Å². The number of unbranched alkanes of at least 4 members (excludes halogenated alkanes) is 4. The number of hydrogen-bond donors (Lipinski definition) is 0. The predicted molar refractivity (Wildman–Crippen MR) is 251 cm³/mol. The quantitative estimate of drug-likeness (QED) is 0.0208. The Kier molecular flexibility index (Phi) is 28.0. The van der Waals surface area contributed by atoms with Crippen molar-refractivity contribution in [1.82, 2.24) is 0 Å². The van der Waals surface area contributed by atoms with Gasteiger partial charge in [0, 0.05) is 44.0 Å². The molecule has 0 aliphatic carbocycles. The van der Waals surface area contributed by atoms with Crippen LogP contribution in [0, 0.1) is 0 Å². The van der Waals surface area contributed by atoms with Gasteiger partial charge in [0.2, 0.25) is 0 Å². The molecule has 0 radical (unpaired) electrons. The van der Waals surface area contributed by atoms with E-state index in [1.807, 2.05) is 0 Å². The zero-order valence-corrected chi connectivity index (χ0v) is 42.9. The highest BCUT2D eigenvalue weighted by Crippen LogP contribution is 2.35. The summed E-state index contributed by atoms with van der Waals surface area (Å²) in [5.74, 6) is 0. The molecule has 0 bridgehead atoms. The van der Waals surface area contributed by atoms with Crippen LogP contribution in [-0.4, -0.2) is 107 Å². The predicted octanol–water partition coefficient (Wildman–Crippen LogP) is 12.6. The minimum Gasteiger partial charge on any atom is -0.370 e. The zero-order valence-electron chi connectivity index (χ0n) is 37.8. The first-order chi connectivity index (χ1) is 26.6. The first-order valence-corrected chi connectivity index (χ1v) is 34.8. The molecule has 0 amide bonds. The Labute approximate surface area is 361 Å². The molecule has 2 aliphatic rings. The van der Waals surface area contributed by atoms with Crippen molar-refractivity contribution in [3.8, 4) is 0 Å². The molecule has 2 rings (SSSR count). The smallest absolute Gasteiger partial charge is 0.147 e. The summed E-state index contributed by atoms with van der Waals surface area (Å²) in [6.45, 7) is 27.1. The SMILES string of the molecule is CCCCC[C@@H](CC/C=C/[C@@H](OCOCC[Si](C)(C)C)[C@H]1CC[C@H]([C@H]2CC[C@H]([C@@H](CCCC/C=C/I)OCOCC[Si](C)(C)C)O2)O1)OCOCC[Si](C)(C)C. The highest BCUT2D eigenvalue weighted by molar-refractivity contribution is 14.1. The van der Waals surface area contributed by atoms with E-state index in [0.717, 1.165) is 103 Å². The Morgan fingerprint density at radius 1 is 0.589 bits per heavy atom. The molecule has 0 spiro atoms. The van der Waals surface area contributed by atoms with Gasteiger partial charge in [0.15, 0.2) is 0 Å². The van der Waals surface area contributed by atoms with Gasteiger partial charge in [0.1, 0.15) is 26.5 Å². The largest absolute Gasteiger partial charge is 0.370 e. The molecule has 2 aliphatic heterocycles. The highest BCUT2D eigenvalue weighted by Gasteiger charge is 2.41. The van der Waals surface area contributed by atoms with Crippen LogP contribution in [0.1, 0.15) is 96.8 Å². The average molecular weight is 955 g/mol. The maximum absolute atomic E-state index is 6.80. The number of ether oxygens (including phenoxy) is 8. The molecule has 0 saturated carbocycles. The number of rotatable bonds is 34. The molecule has 0 unspecified atom stereocenters. The van der Waals surface area contributed by atoms with Gasteiger partial charge >= 0.3 is 0 Å². The van der Waals surface area contributed by atoms with Gasteiger partial charge in [-0.15, -0.1) is 0 Å². The average Bonchev–Trinajstić information content (AvgIpc) is 3.80. The Morgan fingerprint density at radius 2 is 1.12 bits per heavy atom. The lowest BCUT2D eigenvalue weighted by Gasteiger charge is -2.27. The van der Waals surface area contributed by atoms with Crippen molar-refractivity contribution in [2.75, 3.05) is 40.2 Å². The molecular weight excluding hydrogens is 868 g/mol. The summed E-state index contributed by atoms with van der Waals surface area (Å²) in [6, 6.07) is 3.45. The number of halogens is 1. The fourth-order valence-corrected chi connectivity index (χ4v) is 9.57. The first-order valence-electron chi connectivity index (χ1n) is 22.4. The lowest BCUT2D eigenvalue weighted by molar-refractivity contribution is -0.156. The van der Waals surface area contributed by atoms with Crippen molar-refractivity contribution in [2.45, 2.75) is 217 Å². The normalized spacial score (nSPS) is 22.8. The van der Waals surface area contributed by atoms with Crippen molar-refractivity contribution in [3.05, 3.63) is 22.3 Å². The van der Waals surface area contributed by atoms with Crippen LogP contribution in [-0.2, 0) is 37.9 Å². The van der Waals surface area contributed by atoms with E-state index in [1.165, 1.54) is 25.3 Å². The summed E-state index contributed by atoms with van der Waals surface area (Å²) in [5.41, 5.74) is 0. The van der Waals surface area contributed by atoms with Crippen molar-refractivity contribution < 1.29 is 37.9 Å². The van der Waals surface area contributed by atoms with Crippen LogP contribution in [0.15, 0.2) is 22.3 Å². The van der Waals surface area contributed by atoms with Crippen molar-refractivity contribution in [2.24, 2.45) is 0 Å². The van der Waals surface area contributed by atoms with E-state index in [0.29, 0.717) is 13.6 Å². The van der Waals surface area contributed by atoms with E-state index in [9.17, 15) is 0 Å². The van der Waals surface area contributed by atoms with Crippen LogP contribution in [0.5, 0.6) is 0 Å². The molecule has 2 heterocycles. The second kappa shape index (κ2) is 29.7. The second-order valence-electron chi connectivity index (χ2n) is 19.9. The van der Waals surface area contributed by atoms with Crippen molar-refractivity contribution >= 4 is 46.8 Å². The van der Waals surface area contributed by atoms with Gasteiger partial charge in [-0.05, 0) is 86.4 Å². The molecule has 7 atom stereocenters. The summed E-state index contributed by atoms with van der Waals surface area (Å²) < 4.78 is 52.7. The van der Waals surface area contributed by atoms with Crippen LogP contribution >= 0.6 is 22.6 Å². The van der Waals surface area contributed by atoms with Crippen LogP contribution < -0.4 is 0 Å². The van der Waals surface area contributed by atoms with Gasteiger partial charge in [-0.25, -0.2) is 0 Å². The molecule has 12 heteroatoms. The third kappa shape index (κ3) is 26.7. The first kappa shape index (κ1) is 52.7. The lowest BCUT2D eigenvalue weighted by atomic mass is 10.0. The summed E-state index contributed by atoms with van der Waals surface area (Å²) in [6.07, 6.45) is 22.0. The molecule has 8 nitrogen and oxygen atoms in total. The van der Waals surface area contributed by atoms with Crippen LogP contribution in [0.4, 0.5) is 0 Å². The van der Waals surface area contributed by atoms with Crippen molar-refractivity contribution in [1.29, 1.82) is 0 Å². The second-order valence-corrected chi connectivity index (χ2v) is 37.4. The van der Waals surface area contributed by atoms with E-state index in [2.05, 4.69) is 111 Å². The Hall–Kier alpha value is 0.541. The Bertz CT molecular complexity index is 1030. The molecule has 0 aromatic heterocycles. The summed E-state index contributed by atoms with van der Waals surface area (Å²) in [7, 11) is -3.42. The van der Waals surface area contributed by atoms with Gasteiger partial charge in [-0.3, -0.25) is 0 Å². The van der Waals surface area contributed by atoms with E-state index >= 15 is 0 Å². The van der Waals surface area contributed by atoms with E-state index in [1.54, 1.807) is 0 Å². The maximum atomic E-state index is 6.80. The zero-order chi connectivity index (χ0) is 41.3. The summed E-state index contributed by atoms with van der Waals surface area (Å²) >= 11 is 2.30. The Balaban J connectivity index is 1.98. The standard InChI is InChI=1S/C44H87IO8Si3/c1-11-12-15-20-38(49-35-46-29-32-54(2,3)4)21-17-18-23-40(51-37-48-31-34-56(8,9)10)42-25-27-44(53-42)43-26-24-41(52-43)39(22-16-13-14-19-28-45)50-36-47-30-33-55(5,6)7/h18-19,23,28,38-44H,11-17,20-22,24-27,29-37H2,1-10H3/b23-18+,28-19+/t38-,39+,40+,41+,42+,43+,44+/m0/s1. The molecule has 0 aromatic rings. The fraction of sp³-hybridized carbons (Fsp3) is 0.909. The number of allylic oxidation sites excluding steroid dienone is 2. The molecule has 56 heavy (non-hydrogen) atoms. The van der Waals surface area contributed by atoms with Crippen LogP contribution in [0.2, 0.25) is 77.1 Å². The fourth-order valence-electron chi connectivity index (χ4n) is 6.94. The molecule has 2 fully saturated rings. The maximum Gasteiger partial charge on any atom is 0.147 e. The molecule has 330 valence electrons. The van der Waals surface area contributed by atoms with Crippen LogP contribution in [0.25, 0.3) is 0 Å². The Morgan fingerprint density at radius 3 is 1.70 bits per heavy atom. The monoisotopic (exact) mass is 954 g/mol. The minimum absolute atomic E-state index is 0.0198. The topological polar surface area (TPSA) is 73.8 Å². The van der Waals surface area contributed by atoms with Gasteiger partial charge in [0.05, 0.1) is 36.6 Å². The molecule has 0 aromatic carbocycles. The third-order valence-corrected chi connectivity index (χ3v) is 16.4. The van der Waals surface area contributed by atoms with E-state index in [4.69, 9.17) is 37.9 Å². The van der Waals surface area contributed by atoms with Gasteiger partial charge < -0.3 is 37.9 Å². The lowest BCUT2D eigenvalue weighted by Crippen LogP contribution is -2.35. The van der Waals surface area contributed by atoms with Crippen LogP contribution in [0.3, 0.4) is 0 Å². The number of hydrogen-bond acceptors (Lipinski definition) is 8. The summed E-state index contributed by atoms with van der Waals surface area (Å²) in [4.78, 5) is 0.